The number of hydrogen-bond acceptors (Lipinski definition) is 3. The molecule has 1 heterocycles. The van der Waals surface area contributed by atoms with Crippen LogP contribution in [0, 0.1) is 0 Å². The van der Waals surface area contributed by atoms with Gasteiger partial charge in [-0.1, -0.05) is 36.4 Å². The summed E-state index contributed by atoms with van der Waals surface area (Å²) >= 11 is 0. The molecule has 28 heavy (non-hydrogen) atoms. The molecule has 2 aromatic carbocycles. The third-order valence-corrected chi connectivity index (χ3v) is 4.59. The highest BCUT2D eigenvalue weighted by Crippen LogP contribution is 2.23. The Morgan fingerprint density at radius 3 is 2.39 bits per heavy atom. The van der Waals surface area contributed by atoms with Crippen LogP contribution in [0.25, 0.3) is 0 Å². The number of amides is 3. The lowest BCUT2D eigenvalue weighted by molar-refractivity contribution is -0.123. The molecule has 1 atom stereocenters. The number of anilines is 1. The minimum absolute atomic E-state index is 0.0416. The SMILES string of the molecule is CC(C)NC(=O)[C@@H](NC(=O)c1cccc(N2CCCC2=O)c1)c1ccccc1. The Morgan fingerprint density at radius 2 is 1.75 bits per heavy atom. The summed E-state index contributed by atoms with van der Waals surface area (Å²) in [6, 6.07) is 15.2. The molecule has 0 aromatic heterocycles. The second-order valence-corrected chi connectivity index (χ2v) is 7.18. The minimum Gasteiger partial charge on any atom is -0.352 e. The van der Waals surface area contributed by atoms with Crippen molar-refractivity contribution in [3.8, 4) is 0 Å². The van der Waals surface area contributed by atoms with E-state index in [0.717, 1.165) is 6.42 Å². The maximum absolute atomic E-state index is 12.9. The lowest BCUT2D eigenvalue weighted by atomic mass is 10.0. The average Bonchev–Trinajstić information content (AvgIpc) is 3.12. The zero-order valence-electron chi connectivity index (χ0n) is 16.1. The van der Waals surface area contributed by atoms with E-state index in [1.165, 1.54) is 0 Å². The van der Waals surface area contributed by atoms with Gasteiger partial charge in [-0.25, -0.2) is 0 Å². The van der Waals surface area contributed by atoms with Crippen LogP contribution in [0.1, 0.15) is 48.7 Å². The molecule has 146 valence electrons. The molecule has 3 amide bonds. The van der Waals surface area contributed by atoms with E-state index in [2.05, 4.69) is 10.6 Å². The lowest BCUT2D eigenvalue weighted by Gasteiger charge is -2.21. The van der Waals surface area contributed by atoms with Gasteiger partial charge in [0, 0.05) is 30.3 Å². The van der Waals surface area contributed by atoms with Gasteiger partial charge in [0.2, 0.25) is 11.8 Å². The average molecular weight is 379 g/mol. The van der Waals surface area contributed by atoms with Crippen molar-refractivity contribution >= 4 is 23.4 Å². The second kappa shape index (κ2) is 8.69. The van der Waals surface area contributed by atoms with Crippen LogP contribution in [-0.4, -0.2) is 30.3 Å². The molecule has 6 heteroatoms. The first-order chi connectivity index (χ1) is 13.5. The molecule has 2 N–H and O–H groups in total. The summed E-state index contributed by atoms with van der Waals surface area (Å²) in [5.41, 5.74) is 1.83. The number of nitrogens with zero attached hydrogens (tertiary/aromatic N) is 1. The molecule has 0 radical (unpaired) electrons. The molecule has 0 spiro atoms. The Labute approximate surface area is 164 Å². The van der Waals surface area contributed by atoms with Crippen molar-refractivity contribution in [2.24, 2.45) is 0 Å². The van der Waals surface area contributed by atoms with E-state index < -0.39 is 6.04 Å². The van der Waals surface area contributed by atoms with Gasteiger partial charge in [-0.15, -0.1) is 0 Å². The van der Waals surface area contributed by atoms with Gasteiger partial charge in [-0.05, 0) is 44.0 Å². The highest BCUT2D eigenvalue weighted by Gasteiger charge is 2.25. The number of rotatable bonds is 6. The molecule has 6 nitrogen and oxygen atoms in total. The first-order valence-corrected chi connectivity index (χ1v) is 9.52. The fourth-order valence-corrected chi connectivity index (χ4v) is 3.26. The lowest BCUT2D eigenvalue weighted by Crippen LogP contribution is -2.42. The molecule has 0 bridgehead atoms. The van der Waals surface area contributed by atoms with Crippen LogP contribution in [-0.2, 0) is 9.59 Å². The van der Waals surface area contributed by atoms with E-state index in [0.29, 0.717) is 29.8 Å². The summed E-state index contributed by atoms with van der Waals surface area (Å²) in [4.78, 5) is 39.2. The predicted octanol–water partition coefficient (Wildman–Crippen LogP) is 2.81. The normalized spacial score (nSPS) is 14.8. The number of carbonyl (C=O) groups is 3. The minimum atomic E-state index is -0.798. The van der Waals surface area contributed by atoms with E-state index in [1.807, 2.05) is 50.2 Å². The van der Waals surface area contributed by atoms with E-state index in [-0.39, 0.29) is 23.8 Å². The Bertz CT molecular complexity index is 864. The van der Waals surface area contributed by atoms with E-state index >= 15 is 0 Å². The number of carbonyl (C=O) groups excluding carboxylic acids is 3. The van der Waals surface area contributed by atoms with E-state index in [4.69, 9.17) is 0 Å². The largest absolute Gasteiger partial charge is 0.352 e. The van der Waals surface area contributed by atoms with Crippen LogP contribution in [0.5, 0.6) is 0 Å². The van der Waals surface area contributed by atoms with Gasteiger partial charge in [-0.2, -0.15) is 0 Å². The molecular weight excluding hydrogens is 354 g/mol. The van der Waals surface area contributed by atoms with Gasteiger partial charge < -0.3 is 15.5 Å². The summed E-state index contributed by atoms with van der Waals surface area (Å²) in [6.07, 6.45) is 1.35. The van der Waals surface area contributed by atoms with Gasteiger partial charge >= 0.3 is 0 Å². The van der Waals surface area contributed by atoms with Crippen molar-refractivity contribution in [3.05, 3.63) is 65.7 Å². The monoisotopic (exact) mass is 379 g/mol. The zero-order chi connectivity index (χ0) is 20.1. The fraction of sp³-hybridized carbons (Fsp3) is 0.318. The fourth-order valence-electron chi connectivity index (χ4n) is 3.26. The Kier molecular flexibility index (Phi) is 6.09. The predicted molar refractivity (Wildman–Crippen MR) is 108 cm³/mol. The topological polar surface area (TPSA) is 78.5 Å². The summed E-state index contributed by atoms with van der Waals surface area (Å²) in [6.45, 7) is 4.41. The van der Waals surface area contributed by atoms with Crippen LogP contribution in [0.3, 0.4) is 0 Å². The van der Waals surface area contributed by atoms with Crippen LogP contribution in [0.2, 0.25) is 0 Å². The third kappa shape index (κ3) is 4.57. The maximum atomic E-state index is 12.9. The molecule has 0 saturated carbocycles. The molecule has 1 fully saturated rings. The highest BCUT2D eigenvalue weighted by molar-refractivity contribution is 6.00. The Balaban J connectivity index is 1.82. The van der Waals surface area contributed by atoms with Crippen molar-refractivity contribution in [2.45, 2.75) is 38.8 Å². The van der Waals surface area contributed by atoms with Crippen molar-refractivity contribution in [3.63, 3.8) is 0 Å². The molecule has 2 aromatic rings. The molecule has 3 rings (SSSR count). The van der Waals surface area contributed by atoms with Gasteiger partial charge in [0.25, 0.3) is 5.91 Å². The zero-order valence-corrected chi connectivity index (χ0v) is 16.1. The van der Waals surface area contributed by atoms with Gasteiger partial charge in [0.15, 0.2) is 0 Å². The van der Waals surface area contributed by atoms with Crippen molar-refractivity contribution in [2.75, 3.05) is 11.4 Å². The second-order valence-electron chi connectivity index (χ2n) is 7.18. The molecule has 1 aliphatic heterocycles. The van der Waals surface area contributed by atoms with Gasteiger partial charge in [-0.3, -0.25) is 14.4 Å². The molecule has 0 aliphatic carbocycles. The van der Waals surface area contributed by atoms with Crippen molar-refractivity contribution < 1.29 is 14.4 Å². The summed E-state index contributed by atoms with van der Waals surface area (Å²) in [5, 5.41) is 5.68. The van der Waals surface area contributed by atoms with Crippen LogP contribution in [0.15, 0.2) is 54.6 Å². The van der Waals surface area contributed by atoms with E-state index in [1.54, 1.807) is 23.1 Å². The van der Waals surface area contributed by atoms with Crippen LogP contribution >= 0.6 is 0 Å². The summed E-state index contributed by atoms with van der Waals surface area (Å²) < 4.78 is 0. The standard InChI is InChI=1S/C22H25N3O3/c1-15(2)23-22(28)20(16-8-4-3-5-9-16)24-21(27)17-10-6-11-18(14-17)25-13-7-12-19(25)26/h3-6,8-11,14-15,20H,7,12-13H2,1-2H3,(H,23,28)(H,24,27)/t20-/m0/s1. The Morgan fingerprint density at radius 1 is 1.00 bits per heavy atom. The molecule has 1 saturated heterocycles. The maximum Gasteiger partial charge on any atom is 0.252 e. The highest BCUT2D eigenvalue weighted by atomic mass is 16.2. The number of benzene rings is 2. The Hall–Kier alpha value is -3.15. The molecule has 1 aliphatic rings. The van der Waals surface area contributed by atoms with Crippen molar-refractivity contribution in [1.82, 2.24) is 10.6 Å². The number of hydrogen-bond donors (Lipinski definition) is 2. The smallest absolute Gasteiger partial charge is 0.252 e. The summed E-state index contributed by atoms with van der Waals surface area (Å²) in [5.74, 6) is -0.558. The van der Waals surface area contributed by atoms with Crippen LogP contribution < -0.4 is 15.5 Å². The van der Waals surface area contributed by atoms with Crippen LogP contribution in [0.4, 0.5) is 5.69 Å². The number of nitrogens with one attached hydrogen (secondary N) is 2. The van der Waals surface area contributed by atoms with Crippen molar-refractivity contribution in [1.29, 1.82) is 0 Å². The first kappa shape index (κ1) is 19.6. The van der Waals surface area contributed by atoms with Gasteiger partial charge in [0.1, 0.15) is 6.04 Å². The quantitative estimate of drug-likeness (QED) is 0.810. The van der Waals surface area contributed by atoms with Gasteiger partial charge in [0.05, 0.1) is 0 Å². The first-order valence-electron chi connectivity index (χ1n) is 9.52. The third-order valence-electron chi connectivity index (χ3n) is 4.59. The summed E-state index contributed by atoms with van der Waals surface area (Å²) in [7, 11) is 0. The molecular formula is C22H25N3O3. The molecule has 0 unspecified atom stereocenters. The van der Waals surface area contributed by atoms with E-state index in [9.17, 15) is 14.4 Å².